The molecule has 0 aliphatic rings. The summed E-state index contributed by atoms with van der Waals surface area (Å²) in [6.45, 7) is 5.31. The van der Waals surface area contributed by atoms with Crippen LogP contribution < -0.4 is 10.6 Å². The number of anilines is 3. The monoisotopic (exact) mass is 284 g/mol. The minimum atomic E-state index is 0.823. The fourth-order valence-electron chi connectivity index (χ4n) is 2.20. The van der Waals surface area contributed by atoms with Gasteiger partial charge in [-0.1, -0.05) is 44.9 Å². The first-order valence-electron chi connectivity index (χ1n) is 7.74. The minimum Gasteiger partial charge on any atom is -0.370 e. The number of nitrogens with zero attached hydrogens (tertiary/aromatic N) is 2. The molecule has 0 aliphatic heterocycles. The second kappa shape index (κ2) is 8.25. The van der Waals surface area contributed by atoms with Crippen LogP contribution >= 0.6 is 0 Å². The van der Waals surface area contributed by atoms with Crippen molar-refractivity contribution in [3.63, 3.8) is 0 Å². The van der Waals surface area contributed by atoms with E-state index in [1.807, 2.05) is 12.1 Å². The van der Waals surface area contributed by atoms with Crippen molar-refractivity contribution in [2.75, 3.05) is 17.2 Å². The van der Waals surface area contributed by atoms with Gasteiger partial charge in [-0.25, -0.2) is 9.97 Å². The predicted octanol–water partition coefficient (Wildman–Crippen LogP) is 4.38. The number of nitrogens with one attached hydrogen (secondary N) is 2. The summed E-state index contributed by atoms with van der Waals surface area (Å²) in [5.74, 6) is 1.70. The molecule has 4 heteroatoms. The van der Waals surface area contributed by atoms with Crippen LogP contribution in [0.2, 0.25) is 0 Å². The first kappa shape index (κ1) is 15.3. The van der Waals surface area contributed by atoms with Crippen LogP contribution in [0.4, 0.5) is 17.3 Å². The predicted molar refractivity (Wildman–Crippen MR) is 89.1 cm³/mol. The highest BCUT2D eigenvalue weighted by molar-refractivity contribution is 5.62. The van der Waals surface area contributed by atoms with Crippen LogP contribution in [0.15, 0.2) is 36.7 Å². The lowest BCUT2D eigenvalue weighted by molar-refractivity contribution is 0.742. The molecule has 0 atom stereocenters. The molecule has 0 saturated carbocycles. The van der Waals surface area contributed by atoms with Crippen molar-refractivity contribution in [1.29, 1.82) is 0 Å². The number of para-hydroxylation sites is 1. The van der Waals surface area contributed by atoms with E-state index in [-0.39, 0.29) is 0 Å². The third-order valence-electron chi connectivity index (χ3n) is 3.41. The number of rotatable bonds is 8. The lowest BCUT2D eigenvalue weighted by Gasteiger charge is -2.11. The first-order valence-corrected chi connectivity index (χ1v) is 7.74. The maximum Gasteiger partial charge on any atom is 0.135 e. The molecule has 0 fully saturated rings. The van der Waals surface area contributed by atoms with E-state index in [2.05, 4.69) is 52.6 Å². The van der Waals surface area contributed by atoms with Gasteiger partial charge in [-0.3, -0.25) is 0 Å². The lowest BCUT2D eigenvalue weighted by Crippen LogP contribution is -2.05. The van der Waals surface area contributed by atoms with E-state index >= 15 is 0 Å². The number of aromatic nitrogens is 2. The Kier molecular flexibility index (Phi) is 6.00. The number of aryl methyl sites for hydroxylation is 1. The Morgan fingerprint density at radius 3 is 2.62 bits per heavy atom. The third kappa shape index (κ3) is 4.74. The van der Waals surface area contributed by atoms with Crippen LogP contribution in [-0.2, 0) is 6.42 Å². The van der Waals surface area contributed by atoms with Crippen molar-refractivity contribution in [3.8, 4) is 0 Å². The minimum absolute atomic E-state index is 0.823. The molecular weight excluding hydrogens is 260 g/mol. The quantitative estimate of drug-likeness (QED) is 0.706. The van der Waals surface area contributed by atoms with Gasteiger partial charge in [-0.2, -0.15) is 0 Å². The zero-order chi connectivity index (χ0) is 14.9. The summed E-state index contributed by atoms with van der Waals surface area (Å²) in [4.78, 5) is 8.55. The van der Waals surface area contributed by atoms with Gasteiger partial charge in [0.1, 0.15) is 18.0 Å². The number of unbranched alkanes of at least 4 members (excludes halogenated alkanes) is 2. The van der Waals surface area contributed by atoms with Crippen molar-refractivity contribution in [1.82, 2.24) is 9.97 Å². The highest BCUT2D eigenvalue weighted by Gasteiger charge is 2.02. The summed E-state index contributed by atoms with van der Waals surface area (Å²) < 4.78 is 0. The molecule has 0 radical (unpaired) electrons. The van der Waals surface area contributed by atoms with E-state index in [1.165, 1.54) is 24.8 Å². The Morgan fingerprint density at radius 2 is 1.81 bits per heavy atom. The summed E-state index contributed by atoms with van der Waals surface area (Å²) in [6, 6.07) is 10.3. The molecule has 2 rings (SSSR count). The highest BCUT2D eigenvalue weighted by atomic mass is 15.1. The normalized spacial score (nSPS) is 10.4. The van der Waals surface area contributed by atoms with Crippen molar-refractivity contribution >= 4 is 17.3 Å². The van der Waals surface area contributed by atoms with E-state index in [0.717, 1.165) is 30.3 Å². The van der Waals surface area contributed by atoms with Gasteiger partial charge in [0.25, 0.3) is 0 Å². The summed E-state index contributed by atoms with van der Waals surface area (Å²) in [5.41, 5.74) is 2.39. The van der Waals surface area contributed by atoms with Gasteiger partial charge in [0, 0.05) is 18.3 Å². The van der Waals surface area contributed by atoms with Crippen LogP contribution in [0.3, 0.4) is 0 Å². The standard InChI is InChI=1S/C17H24N4/c1-3-5-8-11-18-16-12-17(20-13-19-16)21-15-10-7-6-9-14(15)4-2/h6-7,9-10,12-13H,3-5,8,11H2,1-2H3,(H2,18,19,20,21). The second-order valence-electron chi connectivity index (χ2n) is 5.06. The smallest absolute Gasteiger partial charge is 0.135 e. The van der Waals surface area contributed by atoms with E-state index in [0.29, 0.717) is 0 Å². The molecule has 1 aromatic heterocycles. The van der Waals surface area contributed by atoms with Crippen LogP contribution in [0.1, 0.15) is 38.7 Å². The largest absolute Gasteiger partial charge is 0.370 e. The number of hydrogen-bond donors (Lipinski definition) is 2. The summed E-state index contributed by atoms with van der Waals surface area (Å²) >= 11 is 0. The van der Waals surface area contributed by atoms with Crippen molar-refractivity contribution in [3.05, 3.63) is 42.2 Å². The number of hydrogen-bond acceptors (Lipinski definition) is 4. The molecule has 1 aromatic carbocycles. The van der Waals surface area contributed by atoms with Crippen molar-refractivity contribution < 1.29 is 0 Å². The lowest BCUT2D eigenvalue weighted by atomic mass is 10.1. The SMILES string of the molecule is CCCCCNc1cc(Nc2ccccc2CC)ncn1. The Labute approximate surface area is 127 Å². The van der Waals surface area contributed by atoms with Crippen LogP contribution in [-0.4, -0.2) is 16.5 Å². The van der Waals surface area contributed by atoms with E-state index in [1.54, 1.807) is 6.33 Å². The van der Waals surface area contributed by atoms with Gasteiger partial charge < -0.3 is 10.6 Å². The topological polar surface area (TPSA) is 49.8 Å². The average molecular weight is 284 g/mol. The molecule has 1 heterocycles. The molecule has 0 bridgehead atoms. The molecule has 2 aromatic rings. The fraction of sp³-hybridized carbons (Fsp3) is 0.412. The highest BCUT2D eigenvalue weighted by Crippen LogP contribution is 2.20. The first-order chi connectivity index (χ1) is 10.3. The average Bonchev–Trinajstić information content (AvgIpc) is 2.52. The van der Waals surface area contributed by atoms with Gasteiger partial charge in [0.2, 0.25) is 0 Å². The molecule has 0 unspecified atom stereocenters. The molecular formula is C17H24N4. The number of benzene rings is 1. The van der Waals surface area contributed by atoms with Crippen molar-refractivity contribution in [2.45, 2.75) is 39.5 Å². The Morgan fingerprint density at radius 1 is 1.00 bits per heavy atom. The maximum absolute atomic E-state index is 4.29. The van der Waals surface area contributed by atoms with Gasteiger partial charge in [-0.15, -0.1) is 0 Å². The molecule has 0 spiro atoms. The van der Waals surface area contributed by atoms with Crippen LogP contribution in [0.25, 0.3) is 0 Å². The molecule has 0 amide bonds. The second-order valence-corrected chi connectivity index (χ2v) is 5.06. The Hall–Kier alpha value is -2.10. The molecule has 112 valence electrons. The van der Waals surface area contributed by atoms with Gasteiger partial charge in [0.15, 0.2) is 0 Å². The maximum atomic E-state index is 4.29. The fourth-order valence-corrected chi connectivity index (χ4v) is 2.20. The van der Waals surface area contributed by atoms with E-state index in [9.17, 15) is 0 Å². The van der Waals surface area contributed by atoms with E-state index < -0.39 is 0 Å². The zero-order valence-corrected chi connectivity index (χ0v) is 12.9. The summed E-state index contributed by atoms with van der Waals surface area (Å²) in [7, 11) is 0. The van der Waals surface area contributed by atoms with E-state index in [4.69, 9.17) is 0 Å². The molecule has 0 aliphatic carbocycles. The molecule has 0 saturated heterocycles. The van der Waals surface area contributed by atoms with Crippen LogP contribution in [0.5, 0.6) is 0 Å². The molecule has 21 heavy (non-hydrogen) atoms. The Bertz CT molecular complexity index is 554. The van der Waals surface area contributed by atoms with Gasteiger partial charge in [0.05, 0.1) is 0 Å². The van der Waals surface area contributed by atoms with Crippen LogP contribution in [0, 0.1) is 0 Å². The van der Waals surface area contributed by atoms with Gasteiger partial charge in [-0.05, 0) is 24.5 Å². The van der Waals surface area contributed by atoms with Crippen molar-refractivity contribution in [2.24, 2.45) is 0 Å². The zero-order valence-electron chi connectivity index (χ0n) is 12.9. The third-order valence-corrected chi connectivity index (χ3v) is 3.41. The Balaban J connectivity index is 2.00. The molecule has 2 N–H and O–H groups in total. The summed E-state index contributed by atoms with van der Waals surface area (Å²) in [6.07, 6.45) is 6.23. The summed E-state index contributed by atoms with van der Waals surface area (Å²) in [5, 5.41) is 6.72. The van der Waals surface area contributed by atoms with Gasteiger partial charge >= 0.3 is 0 Å². The molecule has 4 nitrogen and oxygen atoms in total.